The Morgan fingerprint density at radius 1 is 1.44 bits per heavy atom. The van der Waals surface area contributed by atoms with Crippen LogP contribution in [0.15, 0.2) is 36.7 Å². The molecule has 0 fully saturated rings. The number of hydrogen-bond acceptors (Lipinski definition) is 2. The average Bonchev–Trinajstić information content (AvgIpc) is 2.75. The van der Waals surface area contributed by atoms with Crippen molar-refractivity contribution in [2.45, 2.75) is 26.8 Å². The predicted molar refractivity (Wildman–Crippen MR) is 71.4 cm³/mol. The minimum atomic E-state index is 0.0333. The summed E-state index contributed by atoms with van der Waals surface area (Å²) in [5.41, 5.74) is 1.99. The first kappa shape index (κ1) is 12.4. The molecule has 0 aliphatic rings. The standard InChI is InChI=1S/C14H17N3O/c1-3-14(18)16-13-6-4-5-12(9-13)10-17-8-7-15-11(17)2/h4-9H,3,10H2,1-2H3,(H,16,18). The van der Waals surface area contributed by atoms with Gasteiger partial charge in [-0.3, -0.25) is 4.79 Å². The third kappa shape index (κ3) is 2.97. The van der Waals surface area contributed by atoms with Gasteiger partial charge in [0.2, 0.25) is 5.91 Å². The number of hydrogen-bond donors (Lipinski definition) is 1. The first-order valence-electron chi connectivity index (χ1n) is 6.05. The zero-order valence-corrected chi connectivity index (χ0v) is 10.7. The van der Waals surface area contributed by atoms with Crippen molar-refractivity contribution in [3.05, 3.63) is 48.0 Å². The molecule has 1 heterocycles. The number of rotatable bonds is 4. The van der Waals surface area contributed by atoms with E-state index in [-0.39, 0.29) is 5.91 Å². The molecule has 1 aromatic carbocycles. The zero-order valence-electron chi connectivity index (χ0n) is 10.7. The Kier molecular flexibility index (Phi) is 3.77. The Hall–Kier alpha value is -2.10. The number of anilines is 1. The van der Waals surface area contributed by atoms with E-state index in [0.717, 1.165) is 23.6 Å². The Bertz CT molecular complexity index is 545. The number of nitrogens with one attached hydrogen (secondary N) is 1. The van der Waals surface area contributed by atoms with Crippen LogP contribution in [0.25, 0.3) is 0 Å². The maximum Gasteiger partial charge on any atom is 0.224 e. The minimum Gasteiger partial charge on any atom is -0.331 e. The van der Waals surface area contributed by atoms with Gasteiger partial charge < -0.3 is 9.88 Å². The van der Waals surface area contributed by atoms with Crippen LogP contribution in [0.1, 0.15) is 24.7 Å². The molecule has 1 aromatic heterocycles. The van der Waals surface area contributed by atoms with Gasteiger partial charge in [0.1, 0.15) is 5.82 Å². The van der Waals surface area contributed by atoms with Crippen molar-refractivity contribution in [3.8, 4) is 0 Å². The van der Waals surface area contributed by atoms with E-state index in [9.17, 15) is 4.79 Å². The molecule has 1 amide bonds. The number of amides is 1. The summed E-state index contributed by atoms with van der Waals surface area (Å²) in [6.07, 6.45) is 4.23. The monoisotopic (exact) mass is 243 g/mol. The van der Waals surface area contributed by atoms with Gasteiger partial charge in [-0.1, -0.05) is 19.1 Å². The lowest BCUT2D eigenvalue weighted by Crippen LogP contribution is -2.10. The highest BCUT2D eigenvalue weighted by Crippen LogP contribution is 2.13. The molecule has 94 valence electrons. The number of imidazole rings is 1. The largest absolute Gasteiger partial charge is 0.331 e. The molecule has 4 heteroatoms. The summed E-state index contributed by atoms with van der Waals surface area (Å²) in [5, 5.41) is 2.86. The SMILES string of the molecule is CCC(=O)Nc1cccc(Cn2ccnc2C)c1. The van der Waals surface area contributed by atoms with Gasteiger partial charge in [0.05, 0.1) is 0 Å². The van der Waals surface area contributed by atoms with Crippen molar-refractivity contribution in [1.82, 2.24) is 9.55 Å². The molecule has 0 spiro atoms. The first-order valence-corrected chi connectivity index (χ1v) is 6.05. The lowest BCUT2D eigenvalue weighted by atomic mass is 10.2. The highest BCUT2D eigenvalue weighted by Gasteiger charge is 2.02. The summed E-state index contributed by atoms with van der Waals surface area (Å²) in [6.45, 7) is 4.58. The summed E-state index contributed by atoms with van der Waals surface area (Å²) in [4.78, 5) is 15.5. The molecule has 0 aliphatic carbocycles. The Labute approximate surface area is 107 Å². The molecule has 0 atom stereocenters. The van der Waals surface area contributed by atoms with Crippen molar-refractivity contribution in [2.24, 2.45) is 0 Å². The second-order valence-electron chi connectivity index (χ2n) is 4.20. The summed E-state index contributed by atoms with van der Waals surface area (Å²) in [7, 11) is 0. The van der Waals surface area contributed by atoms with Crippen LogP contribution in [-0.2, 0) is 11.3 Å². The van der Waals surface area contributed by atoms with Crippen LogP contribution < -0.4 is 5.32 Å². The van der Waals surface area contributed by atoms with Crippen LogP contribution in [0, 0.1) is 6.92 Å². The number of benzene rings is 1. The number of nitrogens with zero attached hydrogens (tertiary/aromatic N) is 2. The van der Waals surface area contributed by atoms with Gasteiger partial charge in [0.15, 0.2) is 0 Å². The quantitative estimate of drug-likeness (QED) is 0.897. The van der Waals surface area contributed by atoms with Crippen molar-refractivity contribution in [2.75, 3.05) is 5.32 Å². The van der Waals surface area contributed by atoms with Gasteiger partial charge in [-0.15, -0.1) is 0 Å². The van der Waals surface area contributed by atoms with Crippen LogP contribution in [0.4, 0.5) is 5.69 Å². The molecule has 2 rings (SSSR count). The molecule has 4 nitrogen and oxygen atoms in total. The highest BCUT2D eigenvalue weighted by atomic mass is 16.1. The smallest absolute Gasteiger partial charge is 0.224 e. The van der Waals surface area contributed by atoms with Gasteiger partial charge in [-0.2, -0.15) is 0 Å². The maximum absolute atomic E-state index is 11.3. The van der Waals surface area contributed by atoms with Crippen LogP contribution in [0.2, 0.25) is 0 Å². The van der Waals surface area contributed by atoms with Gasteiger partial charge in [0.25, 0.3) is 0 Å². The van der Waals surface area contributed by atoms with Crippen LogP contribution in [-0.4, -0.2) is 15.5 Å². The van der Waals surface area contributed by atoms with E-state index >= 15 is 0 Å². The predicted octanol–water partition coefficient (Wildman–Crippen LogP) is 2.59. The van der Waals surface area contributed by atoms with E-state index in [0.29, 0.717) is 6.42 Å². The third-order valence-electron chi connectivity index (χ3n) is 2.81. The molecule has 0 radical (unpaired) electrons. The normalized spacial score (nSPS) is 10.3. The van der Waals surface area contributed by atoms with Gasteiger partial charge in [-0.05, 0) is 24.6 Å². The van der Waals surface area contributed by atoms with E-state index in [2.05, 4.69) is 14.9 Å². The highest BCUT2D eigenvalue weighted by molar-refractivity contribution is 5.90. The molecular weight excluding hydrogens is 226 g/mol. The molecule has 0 bridgehead atoms. The maximum atomic E-state index is 11.3. The van der Waals surface area contributed by atoms with E-state index in [4.69, 9.17) is 0 Å². The van der Waals surface area contributed by atoms with E-state index < -0.39 is 0 Å². The van der Waals surface area contributed by atoms with Gasteiger partial charge in [0, 0.05) is 31.0 Å². The third-order valence-corrected chi connectivity index (χ3v) is 2.81. The fourth-order valence-electron chi connectivity index (χ4n) is 1.76. The lowest BCUT2D eigenvalue weighted by molar-refractivity contribution is -0.115. The molecule has 0 saturated heterocycles. The van der Waals surface area contributed by atoms with Crippen molar-refractivity contribution in [1.29, 1.82) is 0 Å². The second kappa shape index (κ2) is 5.49. The Morgan fingerprint density at radius 2 is 2.28 bits per heavy atom. The fraction of sp³-hybridized carbons (Fsp3) is 0.286. The number of carbonyl (C=O) groups excluding carboxylic acids is 1. The van der Waals surface area contributed by atoms with E-state index in [1.165, 1.54) is 0 Å². The summed E-state index contributed by atoms with van der Waals surface area (Å²) in [5.74, 6) is 1.02. The number of aromatic nitrogens is 2. The lowest BCUT2D eigenvalue weighted by Gasteiger charge is -2.08. The Balaban J connectivity index is 2.12. The Morgan fingerprint density at radius 3 is 2.94 bits per heavy atom. The molecule has 0 unspecified atom stereocenters. The average molecular weight is 243 g/mol. The summed E-state index contributed by atoms with van der Waals surface area (Å²) >= 11 is 0. The molecule has 18 heavy (non-hydrogen) atoms. The zero-order chi connectivity index (χ0) is 13.0. The fourth-order valence-corrected chi connectivity index (χ4v) is 1.76. The second-order valence-corrected chi connectivity index (χ2v) is 4.20. The summed E-state index contributed by atoms with van der Waals surface area (Å²) in [6, 6.07) is 7.89. The van der Waals surface area contributed by atoms with Gasteiger partial charge >= 0.3 is 0 Å². The topological polar surface area (TPSA) is 46.9 Å². The van der Waals surface area contributed by atoms with Crippen molar-refractivity contribution >= 4 is 11.6 Å². The molecule has 0 saturated carbocycles. The molecule has 1 N–H and O–H groups in total. The molecule has 0 aliphatic heterocycles. The minimum absolute atomic E-state index is 0.0333. The van der Waals surface area contributed by atoms with Gasteiger partial charge in [-0.25, -0.2) is 4.98 Å². The molecular formula is C14H17N3O. The van der Waals surface area contributed by atoms with Crippen LogP contribution in [0.5, 0.6) is 0 Å². The number of carbonyl (C=O) groups is 1. The number of aryl methyl sites for hydroxylation is 1. The first-order chi connectivity index (χ1) is 8.69. The summed E-state index contributed by atoms with van der Waals surface area (Å²) < 4.78 is 2.07. The van der Waals surface area contributed by atoms with E-state index in [1.54, 1.807) is 6.20 Å². The van der Waals surface area contributed by atoms with Crippen LogP contribution in [0.3, 0.4) is 0 Å². The van der Waals surface area contributed by atoms with Crippen molar-refractivity contribution in [3.63, 3.8) is 0 Å². The van der Waals surface area contributed by atoms with E-state index in [1.807, 2.05) is 44.3 Å². The van der Waals surface area contributed by atoms with Crippen LogP contribution >= 0.6 is 0 Å². The molecule has 2 aromatic rings. The van der Waals surface area contributed by atoms with Crippen molar-refractivity contribution < 1.29 is 4.79 Å².